The molecule has 4 aromatic carbocycles. The molecule has 0 fully saturated rings. The standard InChI is InChI=1S/C29H24N2O2/c30-21-28(25-16-18-27(19-17-25)33-22-24-12-6-2-7-13-24)31(26-14-8-3-9-15-26)29(32)20-23-10-4-1-5-11-23/h1-19,28H,20,22H2/t28-/m1/s1. The summed E-state index contributed by atoms with van der Waals surface area (Å²) in [6.45, 7) is 0.466. The summed E-state index contributed by atoms with van der Waals surface area (Å²) >= 11 is 0. The first-order chi connectivity index (χ1) is 16.2. The lowest BCUT2D eigenvalue weighted by molar-refractivity contribution is -0.118. The number of carbonyl (C=O) groups is 1. The molecule has 33 heavy (non-hydrogen) atoms. The molecule has 0 aliphatic heterocycles. The van der Waals surface area contributed by atoms with E-state index in [1.165, 1.54) is 0 Å². The molecule has 0 spiro atoms. The van der Waals surface area contributed by atoms with Crippen LogP contribution in [0.4, 0.5) is 5.69 Å². The van der Waals surface area contributed by atoms with Crippen molar-refractivity contribution in [1.82, 2.24) is 0 Å². The van der Waals surface area contributed by atoms with E-state index >= 15 is 0 Å². The van der Waals surface area contributed by atoms with E-state index in [0.29, 0.717) is 18.0 Å². The van der Waals surface area contributed by atoms with Gasteiger partial charge in [-0.2, -0.15) is 5.26 Å². The van der Waals surface area contributed by atoms with Crippen molar-refractivity contribution in [3.05, 3.63) is 132 Å². The largest absolute Gasteiger partial charge is 0.489 e. The number of hydrogen-bond donors (Lipinski definition) is 0. The SMILES string of the molecule is N#C[C@H](c1ccc(OCc2ccccc2)cc1)N(C(=O)Cc1ccccc1)c1ccccc1. The van der Waals surface area contributed by atoms with E-state index in [2.05, 4.69) is 6.07 Å². The van der Waals surface area contributed by atoms with E-state index in [4.69, 9.17) is 4.74 Å². The van der Waals surface area contributed by atoms with Gasteiger partial charge in [0.1, 0.15) is 18.4 Å². The number of amides is 1. The molecule has 4 rings (SSSR count). The molecule has 4 nitrogen and oxygen atoms in total. The summed E-state index contributed by atoms with van der Waals surface area (Å²) < 4.78 is 5.87. The van der Waals surface area contributed by atoms with Gasteiger partial charge in [-0.05, 0) is 41.0 Å². The molecule has 0 radical (unpaired) electrons. The second-order valence-corrected chi connectivity index (χ2v) is 7.64. The molecule has 162 valence electrons. The Morgan fingerprint density at radius 2 is 1.30 bits per heavy atom. The number of nitriles is 1. The van der Waals surface area contributed by atoms with Crippen LogP contribution < -0.4 is 9.64 Å². The smallest absolute Gasteiger partial charge is 0.232 e. The number of benzene rings is 4. The van der Waals surface area contributed by atoms with Crippen molar-refractivity contribution >= 4 is 11.6 Å². The van der Waals surface area contributed by atoms with Crippen molar-refractivity contribution in [3.8, 4) is 11.8 Å². The average molecular weight is 433 g/mol. The molecule has 0 unspecified atom stereocenters. The zero-order chi connectivity index (χ0) is 22.9. The monoisotopic (exact) mass is 432 g/mol. The van der Waals surface area contributed by atoms with E-state index in [9.17, 15) is 10.1 Å². The van der Waals surface area contributed by atoms with Gasteiger partial charge < -0.3 is 4.74 Å². The second-order valence-electron chi connectivity index (χ2n) is 7.64. The number of para-hydroxylation sites is 1. The Balaban J connectivity index is 1.56. The third kappa shape index (κ3) is 5.66. The minimum absolute atomic E-state index is 0.136. The molecule has 0 aliphatic rings. The molecule has 0 aromatic heterocycles. The lowest BCUT2D eigenvalue weighted by atomic mass is 10.0. The van der Waals surface area contributed by atoms with Crippen molar-refractivity contribution in [2.45, 2.75) is 19.1 Å². The first kappa shape index (κ1) is 21.9. The zero-order valence-electron chi connectivity index (χ0n) is 18.2. The maximum Gasteiger partial charge on any atom is 0.232 e. The van der Waals surface area contributed by atoms with E-state index in [1.54, 1.807) is 4.90 Å². The van der Waals surface area contributed by atoms with E-state index in [1.807, 2.05) is 115 Å². The van der Waals surface area contributed by atoms with Gasteiger partial charge in [-0.3, -0.25) is 9.69 Å². The van der Waals surface area contributed by atoms with Gasteiger partial charge in [0.25, 0.3) is 0 Å². The van der Waals surface area contributed by atoms with Gasteiger partial charge in [0.15, 0.2) is 0 Å². The molecule has 1 atom stereocenters. The highest BCUT2D eigenvalue weighted by Gasteiger charge is 2.27. The Morgan fingerprint density at radius 1 is 0.758 bits per heavy atom. The van der Waals surface area contributed by atoms with Crippen LogP contribution in [-0.4, -0.2) is 5.91 Å². The summed E-state index contributed by atoms with van der Waals surface area (Å²) in [6, 6.07) is 37.8. The third-order valence-corrected chi connectivity index (χ3v) is 5.33. The molecule has 4 heteroatoms. The van der Waals surface area contributed by atoms with Crippen molar-refractivity contribution in [2.75, 3.05) is 4.90 Å². The van der Waals surface area contributed by atoms with Crippen LogP contribution in [0.5, 0.6) is 5.75 Å². The Labute approximate surface area is 194 Å². The van der Waals surface area contributed by atoms with E-state index in [0.717, 1.165) is 16.7 Å². The summed E-state index contributed by atoms with van der Waals surface area (Å²) in [7, 11) is 0. The van der Waals surface area contributed by atoms with Crippen molar-refractivity contribution < 1.29 is 9.53 Å². The molecule has 0 saturated heterocycles. The fraction of sp³-hybridized carbons (Fsp3) is 0.103. The van der Waals surface area contributed by atoms with Crippen LogP contribution in [0, 0.1) is 11.3 Å². The summed E-state index contributed by atoms with van der Waals surface area (Å²) in [5.74, 6) is 0.574. The van der Waals surface area contributed by atoms with Crippen LogP contribution in [0.1, 0.15) is 22.7 Å². The average Bonchev–Trinajstić information content (AvgIpc) is 2.88. The first-order valence-electron chi connectivity index (χ1n) is 10.8. The minimum atomic E-state index is -0.758. The summed E-state index contributed by atoms with van der Waals surface area (Å²) in [4.78, 5) is 14.9. The van der Waals surface area contributed by atoms with E-state index in [-0.39, 0.29) is 12.3 Å². The van der Waals surface area contributed by atoms with Crippen molar-refractivity contribution in [2.24, 2.45) is 0 Å². The molecule has 0 heterocycles. The number of ether oxygens (including phenoxy) is 1. The molecule has 0 bridgehead atoms. The molecular weight excluding hydrogens is 408 g/mol. The van der Waals surface area contributed by atoms with Gasteiger partial charge in [-0.15, -0.1) is 0 Å². The lowest BCUT2D eigenvalue weighted by Gasteiger charge is -2.28. The molecule has 4 aromatic rings. The van der Waals surface area contributed by atoms with Gasteiger partial charge in [-0.25, -0.2) is 0 Å². The molecule has 0 N–H and O–H groups in total. The Bertz CT molecular complexity index is 1200. The maximum atomic E-state index is 13.4. The fourth-order valence-electron chi connectivity index (χ4n) is 3.65. The van der Waals surface area contributed by atoms with Gasteiger partial charge in [0.2, 0.25) is 5.91 Å². The number of hydrogen-bond acceptors (Lipinski definition) is 3. The predicted octanol–water partition coefficient (Wildman–Crippen LogP) is 6.11. The van der Waals surface area contributed by atoms with E-state index < -0.39 is 6.04 Å². The molecular formula is C29H24N2O2. The first-order valence-corrected chi connectivity index (χ1v) is 10.8. The lowest BCUT2D eigenvalue weighted by Crippen LogP contribution is -2.35. The number of anilines is 1. The Hall–Kier alpha value is -4.36. The topological polar surface area (TPSA) is 53.3 Å². The van der Waals surface area contributed by atoms with Crippen LogP contribution in [0.25, 0.3) is 0 Å². The third-order valence-electron chi connectivity index (χ3n) is 5.33. The Kier molecular flexibility index (Phi) is 7.15. The highest BCUT2D eigenvalue weighted by atomic mass is 16.5. The van der Waals surface area contributed by atoms with Crippen LogP contribution in [0.3, 0.4) is 0 Å². The number of nitrogens with zero attached hydrogens (tertiary/aromatic N) is 2. The Morgan fingerprint density at radius 3 is 1.88 bits per heavy atom. The van der Waals surface area contributed by atoms with Gasteiger partial charge in [-0.1, -0.05) is 91.0 Å². The highest BCUT2D eigenvalue weighted by molar-refractivity contribution is 5.96. The second kappa shape index (κ2) is 10.8. The minimum Gasteiger partial charge on any atom is -0.489 e. The van der Waals surface area contributed by atoms with Crippen LogP contribution in [-0.2, 0) is 17.8 Å². The normalized spacial score (nSPS) is 11.2. The molecule has 0 aliphatic carbocycles. The quantitative estimate of drug-likeness (QED) is 0.338. The number of rotatable bonds is 8. The van der Waals surface area contributed by atoms with Gasteiger partial charge in [0.05, 0.1) is 12.5 Å². The predicted molar refractivity (Wildman–Crippen MR) is 130 cm³/mol. The molecule has 1 amide bonds. The summed E-state index contributed by atoms with van der Waals surface area (Å²) in [5.41, 5.74) is 3.41. The van der Waals surface area contributed by atoms with Gasteiger partial charge in [0, 0.05) is 5.69 Å². The summed E-state index contributed by atoms with van der Waals surface area (Å²) in [6.07, 6.45) is 0.214. The summed E-state index contributed by atoms with van der Waals surface area (Å²) in [5, 5.41) is 10.1. The number of carbonyl (C=O) groups excluding carboxylic acids is 1. The molecule has 0 saturated carbocycles. The zero-order valence-corrected chi connectivity index (χ0v) is 18.2. The van der Waals surface area contributed by atoms with Crippen LogP contribution >= 0.6 is 0 Å². The van der Waals surface area contributed by atoms with Gasteiger partial charge >= 0.3 is 0 Å². The van der Waals surface area contributed by atoms with Crippen LogP contribution in [0.15, 0.2) is 115 Å². The van der Waals surface area contributed by atoms with Crippen molar-refractivity contribution in [3.63, 3.8) is 0 Å². The maximum absolute atomic E-state index is 13.4. The fourth-order valence-corrected chi connectivity index (χ4v) is 3.65. The van der Waals surface area contributed by atoms with Crippen molar-refractivity contribution in [1.29, 1.82) is 5.26 Å². The van der Waals surface area contributed by atoms with Crippen LogP contribution in [0.2, 0.25) is 0 Å². The highest BCUT2D eigenvalue weighted by Crippen LogP contribution is 2.29.